The Morgan fingerprint density at radius 2 is 0.838 bits per heavy atom. The van der Waals surface area contributed by atoms with Crippen LogP contribution in [0.15, 0.2) is 0 Å². The molecule has 22 N–H and O–H groups in total. The zero-order valence-electron chi connectivity index (χ0n) is 72.8. The summed E-state index contributed by atoms with van der Waals surface area (Å²) < 4.78 is 5.83. The fourth-order valence-corrected chi connectivity index (χ4v) is 13.1. The Balaban J connectivity index is 4.02. The van der Waals surface area contributed by atoms with Crippen LogP contribution >= 0.6 is 0 Å². The highest BCUT2D eigenvalue weighted by Crippen LogP contribution is 2.19. The van der Waals surface area contributed by atoms with Gasteiger partial charge < -0.3 is 107 Å². The summed E-state index contributed by atoms with van der Waals surface area (Å²) in [4.78, 5) is 228. The van der Waals surface area contributed by atoms with E-state index in [1.165, 1.54) is 0 Å². The summed E-state index contributed by atoms with van der Waals surface area (Å²) in [6, 6.07) is -20.2. The van der Waals surface area contributed by atoms with Crippen molar-refractivity contribution in [1.82, 2.24) is 74.4 Å². The molecular weight excluding hydrogens is 1510 g/mol. The first-order valence-electron chi connectivity index (χ1n) is 42.3. The maximum absolute atomic E-state index is 15.0. The largest absolute Gasteiger partial charge is 0.481 e. The fourth-order valence-electron chi connectivity index (χ4n) is 13.1. The molecule has 1 heterocycles. The second kappa shape index (κ2) is 55.9. The van der Waals surface area contributed by atoms with Crippen molar-refractivity contribution in [2.75, 3.05) is 26.2 Å². The zero-order valence-corrected chi connectivity index (χ0v) is 72.8. The lowest BCUT2D eigenvalue weighted by Gasteiger charge is -2.30. The standard InChI is InChI=1S/C81H147N17O19/c1-19-22-23-24-25-27-51(99)41-63(100)85-57(36-43(4)5)73(108)87-53(28-29-64(101)102)69(104)88-55(31-34-83)71(106)96-65(48(14)15)79(114)93-60(39-46(10)11)76(111)89-54(30-33-82)70(105)95-62-42-117-81(116)67(50(18)21-3)98-72(107)56(32-35-84)90-75(110)58(37-44(6)7)91-68(103)52(26-20-2)86-74(109)59(38-45(8)9)92-77(112)61(40-47(12)13)94-80(115)66(49(16)17)97-78(62)113/h43-62,65-67,99H,19-42,82-84H2,1-18H3,(H,85,100)(H,86,109)(H,87,108)(H,88,104)(H,89,111)(H,90,110)(H,91,103)(H,92,112)(H,93,114)(H,94,115)(H,95,105)(H,96,106)(H,97,113)(H,98,107)(H,101,102). The number of cyclic esters (lactones) is 1. The van der Waals surface area contributed by atoms with Crippen molar-refractivity contribution in [3.63, 3.8) is 0 Å². The summed E-state index contributed by atoms with van der Waals surface area (Å²) in [6.07, 6.45) is 2.88. The van der Waals surface area contributed by atoms with Crippen LogP contribution in [-0.2, 0) is 81.4 Å². The Labute approximate surface area is 692 Å². The number of aliphatic hydroxyl groups excluding tert-OH is 1. The Bertz CT molecular complexity index is 3190. The monoisotopic (exact) mass is 1660 g/mol. The van der Waals surface area contributed by atoms with E-state index in [0.717, 1.165) is 25.7 Å². The summed E-state index contributed by atoms with van der Waals surface area (Å²) in [6.45, 7) is 29.7. The molecule has 670 valence electrons. The van der Waals surface area contributed by atoms with Crippen LogP contribution in [0.4, 0.5) is 0 Å². The van der Waals surface area contributed by atoms with E-state index in [-0.39, 0.29) is 120 Å². The number of nitrogens with one attached hydrogen (secondary N) is 14. The highest BCUT2D eigenvalue weighted by molar-refractivity contribution is 6.01. The SMILES string of the molecule is CCCCCCCC(O)CC(=O)NC(CC(C)C)C(=O)NC(CCC(=O)O)C(=O)NC(CCN)C(=O)NC(C(=O)NC(CC(C)C)C(=O)NC(CCN)C(=O)NC1COC(=O)C(C(C)CC)NC(=O)C(CCN)NC(=O)C(CC(C)C)NC(=O)C(CCC)NC(=O)C(CC(C)C)NC(=O)C(CC(C)C)NC(=O)C(C(C)C)NC1=O)C(C)C. The van der Waals surface area contributed by atoms with Crippen LogP contribution in [0.3, 0.4) is 0 Å². The van der Waals surface area contributed by atoms with Gasteiger partial charge >= 0.3 is 11.9 Å². The smallest absolute Gasteiger partial charge is 0.329 e. The zero-order chi connectivity index (χ0) is 89.1. The van der Waals surface area contributed by atoms with Gasteiger partial charge in [0.05, 0.1) is 12.5 Å². The molecule has 0 saturated carbocycles. The third-order valence-corrected chi connectivity index (χ3v) is 19.8. The molecule has 0 bridgehead atoms. The molecule has 1 saturated heterocycles. The minimum atomic E-state index is -1.93. The molecule has 36 heteroatoms. The number of unbranched alkanes of at least 4 members (excludes halogenated alkanes) is 4. The molecule has 16 unspecified atom stereocenters. The number of carboxylic acid groups (broad SMARTS) is 1. The molecular formula is C81H147N17O19. The molecule has 36 nitrogen and oxygen atoms in total. The van der Waals surface area contributed by atoms with Crippen molar-refractivity contribution in [2.24, 2.45) is 64.5 Å². The summed E-state index contributed by atoms with van der Waals surface area (Å²) in [5, 5.41) is 57.5. The third kappa shape index (κ3) is 41.1. The van der Waals surface area contributed by atoms with Crippen LogP contribution in [0.5, 0.6) is 0 Å². The van der Waals surface area contributed by atoms with E-state index >= 15 is 4.79 Å². The van der Waals surface area contributed by atoms with E-state index in [1.54, 1.807) is 104 Å². The average molecular weight is 1660 g/mol. The van der Waals surface area contributed by atoms with E-state index in [1.807, 2.05) is 13.8 Å². The van der Waals surface area contributed by atoms with Gasteiger partial charge in [-0.15, -0.1) is 0 Å². The summed E-state index contributed by atoms with van der Waals surface area (Å²) in [7, 11) is 0. The molecule has 117 heavy (non-hydrogen) atoms. The van der Waals surface area contributed by atoms with Gasteiger partial charge in [-0.25, -0.2) is 4.79 Å². The van der Waals surface area contributed by atoms with Gasteiger partial charge in [-0.05, 0) is 138 Å². The van der Waals surface area contributed by atoms with E-state index in [2.05, 4.69) is 81.4 Å². The van der Waals surface area contributed by atoms with E-state index in [0.29, 0.717) is 19.3 Å². The molecule has 0 aromatic heterocycles. The van der Waals surface area contributed by atoms with E-state index in [9.17, 15) is 82.1 Å². The van der Waals surface area contributed by atoms with Crippen molar-refractivity contribution < 1.29 is 91.7 Å². The van der Waals surface area contributed by atoms with Crippen LogP contribution in [0.2, 0.25) is 0 Å². The summed E-state index contributed by atoms with van der Waals surface area (Å²) in [5.41, 5.74) is 18.0. The quantitative estimate of drug-likeness (QED) is 0.0295. The van der Waals surface area contributed by atoms with Crippen molar-refractivity contribution >= 4 is 94.6 Å². The molecule has 1 aliphatic heterocycles. The first-order valence-corrected chi connectivity index (χ1v) is 42.3. The molecule has 1 aliphatic rings. The minimum Gasteiger partial charge on any atom is -0.481 e. The normalized spacial score (nSPS) is 21.4. The molecule has 0 spiro atoms. The van der Waals surface area contributed by atoms with E-state index in [4.69, 9.17) is 21.9 Å². The van der Waals surface area contributed by atoms with Gasteiger partial charge in [-0.2, -0.15) is 0 Å². The number of carboxylic acids is 1. The first-order chi connectivity index (χ1) is 54.9. The van der Waals surface area contributed by atoms with Gasteiger partial charge in [0.15, 0.2) is 0 Å². The van der Waals surface area contributed by atoms with Crippen LogP contribution in [0.1, 0.15) is 253 Å². The second-order valence-electron chi connectivity index (χ2n) is 33.9. The Kier molecular flexibility index (Phi) is 50.8. The molecule has 0 radical (unpaired) electrons. The lowest BCUT2D eigenvalue weighted by Crippen LogP contribution is -2.62. The lowest BCUT2D eigenvalue weighted by molar-refractivity contribution is -0.152. The van der Waals surface area contributed by atoms with Crippen molar-refractivity contribution in [3.05, 3.63) is 0 Å². The Hall–Kier alpha value is -8.64. The van der Waals surface area contributed by atoms with Gasteiger partial charge in [-0.1, -0.05) is 170 Å². The number of carbonyl (C=O) groups is 16. The van der Waals surface area contributed by atoms with Crippen LogP contribution in [0.25, 0.3) is 0 Å². The number of esters is 1. The number of aliphatic carboxylic acids is 1. The molecule has 1 rings (SSSR count). The molecule has 14 amide bonds. The minimum absolute atomic E-state index is 0.0206. The molecule has 0 aliphatic carbocycles. The second-order valence-corrected chi connectivity index (χ2v) is 33.9. The van der Waals surface area contributed by atoms with E-state index < -0.39 is 223 Å². The van der Waals surface area contributed by atoms with Gasteiger partial charge in [0.25, 0.3) is 0 Å². The van der Waals surface area contributed by atoms with Crippen molar-refractivity contribution in [3.8, 4) is 0 Å². The number of nitrogens with two attached hydrogens (primary N) is 3. The van der Waals surface area contributed by atoms with Gasteiger partial charge in [0.2, 0.25) is 82.7 Å². The van der Waals surface area contributed by atoms with Crippen LogP contribution in [0, 0.1) is 47.3 Å². The number of rotatable bonds is 46. The predicted octanol–water partition coefficient (Wildman–Crippen LogP) is 0.742. The Morgan fingerprint density at radius 3 is 1.27 bits per heavy atom. The molecule has 1 fully saturated rings. The lowest BCUT2D eigenvalue weighted by atomic mass is 9.98. The highest BCUT2D eigenvalue weighted by atomic mass is 16.5. The third-order valence-electron chi connectivity index (χ3n) is 19.8. The fraction of sp³-hybridized carbons (Fsp3) is 0.802. The van der Waals surface area contributed by atoms with Crippen molar-refractivity contribution in [2.45, 2.75) is 344 Å². The maximum Gasteiger partial charge on any atom is 0.329 e. The number of carbonyl (C=O) groups excluding carboxylic acids is 15. The number of aliphatic hydroxyl groups is 1. The van der Waals surface area contributed by atoms with Gasteiger partial charge in [0, 0.05) is 6.42 Å². The van der Waals surface area contributed by atoms with Crippen molar-refractivity contribution in [1.29, 1.82) is 0 Å². The average Bonchev–Trinajstić information content (AvgIpc) is 1.07. The first kappa shape index (κ1) is 106. The van der Waals surface area contributed by atoms with Gasteiger partial charge in [-0.3, -0.25) is 71.9 Å². The number of amides is 14. The topological polar surface area (TPSA) is 569 Å². The number of ether oxygens (including phenoxy) is 1. The van der Waals surface area contributed by atoms with Gasteiger partial charge in [0.1, 0.15) is 91.2 Å². The van der Waals surface area contributed by atoms with Crippen LogP contribution in [-0.4, -0.2) is 222 Å². The summed E-state index contributed by atoms with van der Waals surface area (Å²) in [5.74, 6) is -18.1. The highest BCUT2D eigenvalue weighted by Gasteiger charge is 2.41. The predicted molar refractivity (Wildman–Crippen MR) is 441 cm³/mol. The molecule has 0 aromatic carbocycles. The number of hydrogen-bond donors (Lipinski definition) is 19. The molecule has 0 aromatic rings. The maximum atomic E-state index is 15.0. The number of hydrogen-bond acceptors (Lipinski definition) is 21. The summed E-state index contributed by atoms with van der Waals surface area (Å²) >= 11 is 0. The Morgan fingerprint density at radius 1 is 0.427 bits per heavy atom. The molecule has 16 atom stereocenters. The van der Waals surface area contributed by atoms with Crippen LogP contribution < -0.4 is 91.6 Å².